The van der Waals surface area contributed by atoms with Crippen molar-refractivity contribution in [3.8, 4) is 17.1 Å². The summed E-state index contributed by atoms with van der Waals surface area (Å²) in [6, 6.07) is 13.4. The minimum absolute atomic E-state index is 0.103. The third-order valence-electron chi connectivity index (χ3n) is 5.48. The van der Waals surface area contributed by atoms with Gasteiger partial charge in [0.2, 0.25) is 5.95 Å². The molecule has 0 atom stereocenters. The van der Waals surface area contributed by atoms with Gasteiger partial charge >= 0.3 is 0 Å². The van der Waals surface area contributed by atoms with Crippen LogP contribution in [0.2, 0.25) is 0 Å². The van der Waals surface area contributed by atoms with E-state index in [4.69, 9.17) is 21.3 Å². The number of carbonyl (C=O) groups excluding carboxylic acids is 1. The summed E-state index contributed by atoms with van der Waals surface area (Å²) in [7, 11) is 7.50. The van der Waals surface area contributed by atoms with Gasteiger partial charge in [0.25, 0.3) is 5.91 Å². The van der Waals surface area contributed by atoms with E-state index in [0.29, 0.717) is 23.1 Å². The zero-order chi connectivity index (χ0) is 26.5. The molecule has 37 heavy (non-hydrogen) atoms. The Kier molecular flexibility index (Phi) is 8.32. The number of rotatable bonds is 10. The highest BCUT2D eigenvalue weighted by molar-refractivity contribution is 7.99. The van der Waals surface area contributed by atoms with E-state index in [2.05, 4.69) is 32.2 Å². The van der Waals surface area contributed by atoms with Gasteiger partial charge in [0.15, 0.2) is 0 Å². The van der Waals surface area contributed by atoms with Crippen molar-refractivity contribution in [3.63, 3.8) is 0 Å². The van der Waals surface area contributed by atoms with Crippen molar-refractivity contribution in [3.05, 3.63) is 60.3 Å². The first kappa shape index (κ1) is 26.5. The van der Waals surface area contributed by atoms with Gasteiger partial charge in [0, 0.05) is 35.8 Å². The van der Waals surface area contributed by atoms with E-state index >= 15 is 0 Å². The molecule has 4 aromatic rings. The van der Waals surface area contributed by atoms with Crippen molar-refractivity contribution in [1.82, 2.24) is 24.6 Å². The van der Waals surface area contributed by atoms with Gasteiger partial charge < -0.3 is 20.3 Å². The number of methoxy groups -OCH3 is 1. The molecule has 0 aliphatic rings. The third-order valence-corrected chi connectivity index (χ3v) is 6.68. The van der Waals surface area contributed by atoms with Crippen molar-refractivity contribution in [2.45, 2.75) is 4.90 Å². The van der Waals surface area contributed by atoms with Crippen molar-refractivity contribution in [1.29, 1.82) is 0 Å². The van der Waals surface area contributed by atoms with Gasteiger partial charge in [-0.15, -0.1) is 11.8 Å². The van der Waals surface area contributed by atoms with E-state index in [1.54, 1.807) is 31.1 Å². The number of aromatic nitrogens is 4. The number of hydrogen-bond acceptors (Lipinski definition) is 8. The third kappa shape index (κ3) is 6.22. The SMILES string of the molecule is C=C(Cl)C(=O)Nc1cc(Nc2nccc(-c3c4ccccc4nn3C)n2)c(OC)cc1SCCN(C)C. The summed E-state index contributed by atoms with van der Waals surface area (Å²) < 4.78 is 7.47. The van der Waals surface area contributed by atoms with Crippen LogP contribution in [0, 0.1) is 0 Å². The zero-order valence-corrected chi connectivity index (χ0v) is 22.7. The molecule has 192 valence electrons. The van der Waals surface area contributed by atoms with Crippen LogP contribution >= 0.6 is 23.4 Å². The molecular weight excluding hydrogens is 510 g/mol. The second-order valence-electron chi connectivity index (χ2n) is 8.44. The first-order valence-corrected chi connectivity index (χ1v) is 12.8. The van der Waals surface area contributed by atoms with Gasteiger partial charge in [0.05, 0.1) is 40.4 Å². The summed E-state index contributed by atoms with van der Waals surface area (Å²) in [6.45, 7) is 4.39. The van der Waals surface area contributed by atoms with Gasteiger partial charge in [0.1, 0.15) is 5.75 Å². The van der Waals surface area contributed by atoms with Gasteiger partial charge in [-0.25, -0.2) is 9.97 Å². The van der Waals surface area contributed by atoms with Crippen LogP contribution in [0.4, 0.5) is 17.3 Å². The van der Waals surface area contributed by atoms with Gasteiger partial charge in [-0.3, -0.25) is 9.48 Å². The lowest BCUT2D eigenvalue weighted by Crippen LogP contribution is -2.15. The number of halogens is 1. The molecule has 2 N–H and O–H groups in total. The molecule has 1 amide bonds. The normalized spacial score (nSPS) is 11.1. The number of amides is 1. The van der Waals surface area contributed by atoms with Crippen LogP contribution in [-0.2, 0) is 11.8 Å². The lowest BCUT2D eigenvalue weighted by Gasteiger charge is -2.17. The topological polar surface area (TPSA) is 97.2 Å². The van der Waals surface area contributed by atoms with Gasteiger partial charge in [-0.1, -0.05) is 36.4 Å². The summed E-state index contributed by atoms with van der Waals surface area (Å²) >= 11 is 7.44. The molecular formula is C26H28ClN7O2S. The predicted molar refractivity (Wildman–Crippen MR) is 151 cm³/mol. The van der Waals surface area contributed by atoms with Crippen LogP contribution in [0.5, 0.6) is 5.75 Å². The van der Waals surface area contributed by atoms with Crippen LogP contribution in [0.15, 0.2) is 65.2 Å². The molecule has 0 saturated heterocycles. The first-order valence-electron chi connectivity index (χ1n) is 11.4. The molecule has 0 aliphatic carbocycles. The molecule has 0 unspecified atom stereocenters. The molecule has 0 aliphatic heterocycles. The number of nitrogens with one attached hydrogen (secondary N) is 2. The Balaban J connectivity index is 1.69. The Morgan fingerprint density at radius 3 is 2.73 bits per heavy atom. The standard InChI is InChI=1S/C26H28ClN7O2S/c1-16(27)25(35)29-21-14-20(22(36-5)15-23(21)37-13-12-33(2)3)31-26-28-11-10-19(30-26)24-17-8-6-7-9-18(17)32-34(24)4/h6-11,14-15H,1,12-13H2,2-5H3,(H,29,35)(H,28,30,31). The summed E-state index contributed by atoms with van der Waals surface area (Å²) in [5, 5.41) is 11.5. The van der Waals surface area contributed by atoms with E-state index in [9.17, 15) is 4.79 Å². The Bertz CT molecular complexity index is 1450. The first-order chi connectivity index (χ1) is 17.8. The van der Waals surface area contributed by atoms with Crippen LogP contribution < -0.4 is 15.4 Å². The average Bonchev–Trinajstić information content (AvgIpc) is 3.20. The molecule has 0 saturated carbocycles. The summed E-state index contributed by atoms with van der Waals surface area (Å²) in [6.07, 6.45) is 1.69. The Hall–Kier alpha value is -3.60. The largest absolute Gasteiger partial charge is 0.495 e. The quantitative estimate of drug-likeness (QED) is 0.212. The van der Waals surface area contributed by atoms with Gasteiger partial charge in [-0.2, -0.15) is 5.10 Å². The number of anilines is 3. The number of fused-ring (bicyclic) bond motifs is 1. The number of thioether (sulfide) groups is 1. The minimum atomic E-state index is -0.478. The van der Waals surface area contributed by atoms with Crippen molar-refractivity contribution < 1.29 is 9.53 Å². The minimum Gasteiger partial charge on any atom is -0.495 e. The maximum atomic E-state index is 12.3. The fourth-order valence-electron chi connectivity index (χ4n) is 3.70. The summed E-state index contributed by atoms with van der Waals surface area (Å²) in [4.78, 5) is 24.4. The van der Waals surface area contributed by atoms with Crippen LogP contribution in [0.3, 0.4) is 0 Å². The molecule has 0 radical (unpaired) electrons. The highest BCUT2D eigenvalue weighted by Gasteiger charge is 2.17. The molecule has 2 aromatic carbocycles. The van der Waals surface area contributed by atoms with Crippen LogP contribution in [0.25, 0.3) is 22.3 Å². The molecule has 4 rings (SSSR count). The number of carbonyl (C=O) groups is 1. The fraction of sp³-hybridized carbons (Fsp3) is 0.231. The predicted octanol–water partition coefficient (Wildman–Crippen LogP) is 5.13. The monoisotopic (exact) mass is 537 g/mol. The Morgan fingerprint density at radius 2 is 2.00 bits per heavy atom. The highest BCUT2D eigenvalue weighted by atomic mass is 35.5. The maximum absolute atomic E-state index is 12.3. The van der Waals surface area contributed by atoms with E-state index in [-0.39, 0.29) is 5.03 Å². The second-order valence-corrected chi connectivity index (χ2v) is 10.0. The van der Waals surface area contributed by atoms with E-state index in [0.717, 1.165) is 39.5 Å². The smallest absolute Gasteiger partial charge is 0.266 e. The molecule has 0 spiro atoms. The number of nitrogens with zero attached hydrogens (tertiary/aromatic N) is 5. The van der Waals surface area contributed by atoms with E-state index in [1.807, 2.05) is 62.2 Å². The van der Waals surface area contributed by atoms with Crippen molar-refractivity contribution >= 4 is 57.5 Å². The molecule has 2 heterocycles. The average molecular weight is 538 g/mol. The molecule has 11 heteroatoms. The molecule has 0 fully saturated rings. The van der Waals surface area contributed by atoms with Crippen molar-refractivity contribution in [2.24, 2.45) is 7.05 Å². The Morgan fingerprint density at radius 1 is 1.22 bits per heavy atom. The van der Waals surface area contributed by atoms with Crippen molar-refractivity contribution in [2.75, 3.05) is 44.1 Å². The van der Waals surface area contributed by atoms with Crippen LogP contribution in [0.1, 0.15) is 0 Å². The van der Waals surface area contributed by atoms with Gasteiger partial charge in [-0.05, 0) is 38.4 Å². The fourth-order valence-corrected chi connectivity index (χ4v) is 4.87. The van der Waals surface area contributed by atoms with E-state index in [1.165, 1.54) is 0 Å². The lowest BCUT2D eigenvalue weighted by molar-refractivity contribution is -0.112. The molecule has 0 bridgehead atoms. The number of aryl methyl sites for hydroxylation is 1. The zero-order valence-electron chi connectivity index (χ0n) is 21.1. The summed E-state index contributed by atoms with van der Waals surface area (Å²) in [5.74, 6) is 1.29. The number of benzene rings is 2. The number of hydrogen-bond donors (Lipinski definition) is 2. The lowest BCUT2D eigenvalue weighted by atomic mass is 10.1. The maximum Gasteiger partial charge on any atom is 0.266 e. The highest BCUT2D eigenvalue weighted by Crippen LogP contribution is 2.38. The Labute approximate surface area is 224 Å². The molecule has 2 aromatic heterocycles. The second kappa shape index (κ2) is 11.6. The van der Waals surface area contributed by atoms with Crippen LogP contribution in [-0.4, -0.2) is 64.1 Å². The summed E-state index contributed by atoms with van der Waals surface area (Å²) in [5.41, 5.74) is 3.65. The number of ether oxygens (including phenoxy) is 1. The van der Waals surface area contributed by atoms with E-state index < -0.39 is 5.91 Å². The molecule has 9 nitrogen and oxygen atoms in total.